The number of benzene rings is 3. The Bertz CT molecular complexity index is 1200. The lowest BCUT2D eigenvalue weighted by Crippen LogP contribution is -2.43. The highest BCUT2D eigenvalue weighted by atomic mass is 16.7. The Balaban J connectivity index is 1.42. The zero-order chi connectivity index (χ0) is 27.2. The standard InChI is InChI=1S/C30H34BNO6/c1-29(2)30(3,4)38-31(37-29)25-17-15-22(16-18-25)19-26(27(33)35-20-23-11-7-5-8-12-23)32-28(34)36-21-24-13-9-6-10-14-24/h5-18,26H,19-21H2,1-4H3,(H,32,34). The molecule has 38 heavy (non-hydrogen) atoms. The highest BCUT2D eigenvalue weighted by Crippen LogP contribution is 2.36. The molecule has 0 spiro atoms. The van der Waals surface area contributed by atoms with Crippen molar-refractivity contribution < 1.29 is 28.4 Å². The molecule has 0 aromatic heterocycles. The van der Waals surface area contributed by atoms with Gasteiger partial charge in [-0.2, -0.15) is 0 Å². The second-order valence-electron chi connectivity index (χ2n) is 10.4. The minimum absolute atomic E-state index is 0.0985. The molecule has 1 aliphatic rings. The van der Waals surface area contributed by atoms with Gasteiger partial charge in [0, 0.05) is 6.42 Å². The van der Waals surface area contributed by atoms with Crippen LogP contribution in [0.25, 0.3) is 0 Å². The van der Waals surface area contributed by atoms with E-state index in [4.69, 9.17) is 18.8 Å². The Kier molecular flexibility index (Phi) is 8.54. The van der Waals surface area contributed by atoms with Crippen molar-refractivity contribution in [2.24, 2.45) is 0 Å². The molecule has 1 heterocycles. The van der Waals surface area contributed by atoms with E-state index in [2.05, 4.69) is 5.32 Å². The number of carbonyl (C=O) groups excluding carboxylic acids is 2. The van der Waals surface area contributed by atoms with Crippen molar-refractivity contribution in [2.45, 2.75) is 64.6 Å². The monoisotopic (exact) mass is 515 g/mol. The molecule has 1 amide bonds. The Morgan fingerprint density at radius 1 is 0.737 bits per heavy atom. The minimum Gasteiger partial charge on any atom is -0.459 e. The quantitative estimate of drug-likeness (QED) is 0.332. The van der Waals surface area contributed by atoms with Crippen LogP contribution in [0.15, 0.2) is 84.9 Å². The molecule has 1 atom stereocenters. The van der Waals surface area contributed by atoms with E-state index in [0.29, 0.717) is 0 Å². The van der Waals surface area contributed by atoms with Crippen molar-refractivity contribution >= 4 is 24.6 Å². The van der Waals surface area contributed by atoms with Crippen molar-refractivity contribution in [1.29, 1.82) is 0 Å². The number of nitrogens with one attached hydrogen (secondary N) is 1. The summed E-state index contributed by atoms with van der Waals surface area (Å²) in [5, 5.41) is 2.68. The van der Waals surface area contributed by atoms with Crippen LogP contribution >= 0.6 is 0 Å². The molecule has 0 saturated carbocycles. The molecule has 1 unspecified atom stereocenters. The average Bonchev–Trinajstić information content (AvgIpc) is 3.13. The number of rotatable bonds is 9. The van der Waals surface area contributed by atoms with Gasteiger partial charge in [-0.15, -0.1) is 0 Å². The normalized spacial score (nSPS) is 16.5. The summed E-state index contributed by atoms with van der Waals surface area (Å²) in [5.74, 6) is -0.541. The molecule has 198 valence electrons. The first-order valence-corrected chi connectivity index (χ1v) is 12.8. The Labute approximate surface area is 224 Å². The zero-order valence-corrected chi connectivity index (χ0v) is 22.3. The predicted octanol–water partition coefficient (Wildman–Crippen LogP) is 4.57. The zero-order valence-electron chi connectivity index (χ0n) is 22.3. The van der Waals surface area contributed by atoms with Gasteiger partial charge in [0.2, 0.25) is 0 Å². The second kappa shape index (κ2) is 11.8. The summed E-state index contributed by atoms with van der Waals surface area (Å²) in [4.78, 5) is 25.6. The molecule has 1 saturated heterocycles. The molecule has 0 radical (unpaired) electrons. The Morgan fingerprint density at radius 2 is 1.24 bits per heavy atom. The van der Waals surface area contributed by atoms with E-state index in [0.717, 1.165) is 22.2 Å². The van der Waals surface area contributed by atoms with E-state index < -0.39 is 36.4 Å². The summed E-state index contributed by atoms with van der Waals surface area (Å²) >= 11 is 0. The molecule has 3 aromatic carbocycles. The highest BCUT2D eigenvalue weighted by molar-refractivity contribution is 6.62. The lowest BCUT2D eigenvalue weighted by molar-refractivity contribution is -0.147. The molecule has 0 aliphatic carbocycles. The van der Waals surface area contributed by atoms with Gasteiger partial charge < -0.3 is 24.1 Å². The maximum atomic E-state index is 13.0. The Hall–Kier alpha value is -3.62. The SMILES string of the molecule is CC1(C)OB(c2ccc(CC(NC(=O)OCc3ccccc3)C(=O)OCc3ccccc3)cc2)OC1(C)C. The molecule has 7 nitrogen and oxygen atoms in total. The first-order chi connectivity index (χ1) is 18.1. The van der Waals surface area contributed by atoms with Gasteiger partial charge in [-0.1, -0.05) is 84.9 Å². The van der Waals surface area contributed by atoms with Gasteiger partial charge in [0.1, 0.15) is 19.3 Å². The fourth-order valence-corrected chi connectivity index (χ4v) is 3.96. The van der Waals surface area contributed by atoms with E-state index in [1.807, 2.05) is 113 Å². The van der Waals surface area contributed by atoms with E-state index in [-0.39, 0.29) is 19.6 Å². The van der Waals surface area contributed by atoms with Crippen LogP contribution in [0, 0.1) is 0 Å². The lowest BCUT2D eigenvalue weighted by atomic mass is 9.78. The number of amides is 1. The first kappa shape index (κ1) is 27.4. The summed E-state index contributed by atoms with van der Waals surface area (Å²) < 4.78 is 23.1. The van der Waals surface area contributed by atoms with Gasteiger partial charge >= 0.3 is 19.2 Å². The van der Waals surface area contributed by atoms with Gasteiger partial charge in [-0.3, -0.25) is 0 Å². The third kappa shape index (κ3) is 7.03. The van der Waals surface area contributed by atoms with Crippen molar-refractivity contribution in [3.05, 3.63) is 102 Å². The molecule has 1 fully saturated rings. The van der Waals surface area contributed by atoms with Crippen LogP contribution in [-0.2, 0) is 43.2 Å². The number of hydrogen-bond acceptors (Lipinski definition) is 6. The molecule has 0 bridgehead atoms. The summed E-state index contributed by atoms with van der Waals surface area (Å²) in [7, 11) is -0.480. The van der Waals surface area contributed by atoms with Crippen LogP contribution in [0.4, 0.5) is 4.79 Å². The summed E-state index contributed by atoms with van der Waals surface area (Å²) in [6.07, 6.45) is -0.457. The summed E-state index contributed by atoms with van der Waals surface area (Å²) in [5.41, 5.74) is 2.56. The highest BCUT2D eigenvalue weighted by Gasteiger charge is 2.51. The van der Waals surface area contributed by atoms with Crippen molar-refractivity contribution in [2.75, 3.05) is 0 Å². The van der Waals surface area contributed by atoms with E-state index in [1.165, 1.54) is 0 Å². The number of ether oxygens (including phenoxy) is 2. The molecule has 3 aromatic rings. The minimum atomic E-state index is -0.926. The van der Waals surface area contributed by atoms with Gasteiger partial charge in [0.05, 0.1) is 11.2 Å². The van der Waals surface area contributed by atoms with Gasteiger partial charge in [0.25, 0.3) is 0 Å². The van der Waals surface area contributed by atoms with Crippen molar-refractivity contribution in [3.63, 3.8) is 0 Å². The summed E-state index contributed by atoms with van der Waals surface area (Å²) in [6, 6.07) is 25.4. The van der Waals surface area contributed by atoms with Crippen LogP contribution < -0.4 is 10.8 Å². The fraction of sp³-hybridized carbons (Fsp3) is 0.333. The van der Waals surface area contributed by atoms with Gasteiger partial charge in [-0.25, -0.2) is 9.59 Å². The smallest absolute Gasteiger partial charge is 0.459 e. The average molecular weight is 515 g/mol. The molecular formula is C30H34BNO6. The van der Waals surface area contributed by atoms with Crippen molar-refractivity contribution in [1.82, 2.24) is 5.32 Å². The maximum absolute atomic E-state index is 13.0. The van der Waals surface area contributed by atoms with Gasteiger partial charge in [-0.05, 0) is 49.8 Å². The molecule has 1 N–H and O–H groups in total. The van der Waals surface area contributed by atoms with Crippen LogP contribution in [-0.4, -0.2) is 36.4 Å². The first-order valence-electron chi connectivity index (χ1n) is 12.8. The molecular weight excluding hydrogens is 481 g/mol. The number of esters is 1. The third-order valence-electron chi connectivity index (χ3n) is 6.96. The molecule has 8 heteroatoms. The van der Waals surface area contributed by atoms with Crippen LogP contribution in [0.1, 0.15) is 44.4 Å². The second-order valence-corrected chi connectivity index (χ2v) is 10.4. The lowest BCUT2D eigenvalue weighted by Gasteiger charge is -2.32. The largest absolute Gasteiger partial charge is 0.494 e. The van der Waals surface area contributed by atoms with E-state index >= 15 is 0 Å². The van der Waals surface area contributed by atoms with E-state index in [1.54, 1.807) is 0 Å². The van der Waals surface area contributed by atoms with E-state index in [9.17, 15) is 9.59 Å². The number of hydrogen-bond donors (Lipinski definition) is 1. The van der Waals surface area contributed by atoms with Crippen LogP contribution in [0.3, 0.4) is 0 Å². The predicted molar refractivity (Wildman–Crippen MR) is 146 cm³/mol. The summed E-state index contributed by atoms with van der Waals surface area (Å²) in [6.45, 7) is 8.25. The third-order valence-corrected chi connectivity index (χ3v) is 6.96. The van der Waals surface area contributed by atoms with Gasteiger partial charge in [0.15, 0.2) is 0 Å². The molecule has 1 aliphatic heterocycles. The van der Waals surface area contributed by atoms with Crippen LogP contribution in [0.2, 0.25) is 0 Å². The van der Waals surface area contributed by atoms with Crippen LogP contribution in [0.5, 0.6) is 0 Å². The Morgan fingerprint density at radius 3 is 1.76 bits per heavy atom. The maximum Gasteiger partial charge on any atom is 0.494 e. The topological polar surface area (TPSA) is 83.1 Å². The molecule has 4 rings (SSSR count). The number of carbonyl (C=O) groups is 2. The van der Waals surface area contributed by atoms with Crippen molar-refractivity contribution in [3.8, 4) is 0 Å². The fourth-order valence-electron chi connectivity index (χ4n) is 3.96. The number of alkyl carbamates (subject to hydrolysis) is 1.